The Labute approximate surface area is 104 Å². The summed E-state index contributed by atoms with van der Waals surface area (Å²) in [5, 5.41) is 0. The number of rotatable bonds is 1. The molecule has 0 spiro atoms. The third-order valence-corrected chi connectivity index (χ3v) is 3.36. The topological polar surface area (TPSA) is 46.3 Å². The lowest BCUT2D eigenvalue weighted by Crippen LogP contribution is -2.45. The molecule has 16 heavy (non-hydrogen) atoms. The van der Waals surface area contributed by atoms with E-state index in [1.807, 2.05) is 29.2 Å². The van der Waals surface area contributed by atoms with E-state index in [4.69, 9.17) is 5.73 Å². The van der Waals surface area contributed by atoms with Crippen LogP contribution in [0.5, 0.6) is 0 Å². The molecule has 0 radical (unpaired) electrons. The molecule has 0 saturated carbocycles. The Balaban J connectivity index is 2.09. The van der Waals surface area contributed by atoms with Crippen LogP contribution in [0.1, 0.15) is 23.2 Å². The molecule has 1 aliphatic heterocycles. The molecule has 1 atom stereocenters. The second-order valence-electron chi connectivity index (χ2n) is 4.16. The lowest BCUT2D eigenvalue weighted by Gasteiger charge is -2.30. The largest absolute Gasteiger partial charge is 0.337 e. The van der Waals surface area contributed by atoms with Gasteiger partial charge >= 0.3 is 0 Å². The van der Waals surface area contributed by atoms with Crippen molar-refractivity contribution in [2.45, 2.75) is 18.9 Å². The first-order valence-electron chi connectivity index (χ1n) is 5.47. The molecule has 86 valence electrons. The third kappa shape index (κ3) is 2.62. The molecule has 1 saturated heterocycles. The zero-order valence-electron chi connectivity index (χ0n) is 9.03. The number of nitrogens with two attached hydrogens (primary N) is 1. The number of amides is 1. The molecule has 0 aliphatic carbocycles. The highest BCUT2D eigenvalue weighted by Gasteiger charge is 2.21. The maximum Gasteiger partial charge on any atom is 0.253 e. The highest BCUT2D eigenvalue weighted by Crippen LogP contribution is 2.15. The van der Waals surface area contributed by atoms with Crippen molar-refractivity contribution in [1.82, 2.24) is 4.90 Å². The SMILES string of the molecule is N[C@@H]1CCCN(C(=O)c2ccc(Br)cc2)C1. The summed E-state index contributed by atoms with van der Waals surface area (Å²) in [6, 6.07) is 7.58. The Morgan fingerprint density at radius 2 is 2.06 bits per heavy atom. The molecule has 1 heterocycles. The second-order valence-corrected chi connectivity index (χ2v) is 5.08. The molecule has 0 bridgehead atoms. The van der Waals surface area contributed by atoms with Crippen LogP contribution in [-0.2, 0) is 0 Å². The standard InChI is InChI=1S/C12H15BrN2O/c13-10-5-3-9(4-6-10)12(16)15-7-1-2-11(14)8-15/h3-6,11H,1-2,7-8,14H2/t11-/m1/s1. The number of carbonyl (C=O) groups excluding carboxylic acids is 1. The fourth-order valence-electron chi connectivity index (χ4n) is 1.97. The maximum absolute atomic E-state index is 12.1. The lowest BCUT2D eigenvalue weighted by atomic mass is 10.1. The van der Waals surface area contributed by atoms with Gasteiger partial charge in [0.2, 0.25) is 0 Å². The first-order chi connectivity index (χ1) is 7.66. The number of halogens is 1. The van der Waals surface area contributed by atoms with Crippen molar-refractivity contribution in [2.75, 3.05) is 13.1 Å². The fourth-order valence-corrected chi connectivity index (χ4v) is 2.23. The summed E-state index contributed by atoms with van der Waals surface area (Å²) < 4.78 is 0.986. The molecule has 1 aliphatic rings. The average Bonchev–Trinajstić information content (AvgIpc) is 2.29. The van der Waals surface area contributed by atoms with E-state index in [0.717, 1.165) is 29.4 Å². The van der Waals surface area contributed by atoms with E-state index in [1.54, 1.807) is 0 Å². The molecule has 1 fully saturated rings. The van der Waals surface area contributed by atoms with Gasteiger partial charge < -0.3 is 10.6 Å². The van der Waals surface area contributed by atoms with Gasteiger partial charge in [0.15, 0.2) is 0 Å². The van der Waals surface area contributed by atoms with Crippen LogP contribution in [0.3, 0.4) is 0 Å². The van der Waals surface area contributed by atoms with Gasteiger partial charge in [0, 0.05) is 29.2 Å². The van der Waals surface area contributed by atoms with Crippen LogP contribution in [0.15, 0.2) is 28.7 Å². The van der Waals surface area contributed by atoms with E-state index < -0.39 is 0 Å². The smallest absolute Gasteiger partial charge is 0.253 e. The van der Waals surface area contributed by atoms with Crippen LogP contribution in [0, 0.1) is 0 Å². The number of hydrogen-bond donors (Lipinski definition) is 1. The van der Waals surface area contributed by atoms with Gasteiger partial charge in [-0.1, -0.05) is 15.9 Å². The van der Waals surface area contributed by atoms with E-state index in [9.17, 15) is 4.79 Å². The van der Waals surface area contributed by atoms with E-state index in [0.29, 0.717) is 6.54 Å². The molecule has 4 heteroatoms. The molecule has 3 nitrogen and oxygen atoms in total. The van der Waals surface area contributed by atoms with E-state index in [1.165, 1.54) is 0 Å². The summed E-state index contributed by atoms with van der Waals surface area (Å²) in [6.07, 6.45) is 2.02. The summed E-state index contributed by atoms with van der Waals surface area (Å²) in [7, 11) is 0. The molecular formula is C12H15BrN2O. The average molecular weight is 283 g/mol. The normalized spacial score (nSPS) is 20.9. The van der Waals surface area contributed by atoms with Crippen LogP contribution in [0.25, 0.3) is 0 Å². The summed E-state index contributed by atoms with van der Waals surface area (Å²) in [4.78, 5) is 14.0. The first-order valence-corrected chi connectivity index (χ1v) is 6.26. The monoisotopic (exact) mass is 282 g/mol. The number of nitrogens with zero attached hydrogens (tertiary/aromatic N) is 1. The zero-order valence-corrected chi connectivity index (χ0v) is 10.6. The van der Waals surface area contributed by atoms with Crippen LogP contribution in [0.2, 0.25) is 0 Å². The third-order valence-electron chi connectivity index (χ3n) is 2.84. The maximum atomic E-state index is 12.1. The zero-order chi connectivity index (χ0) is 11.5. The van der Waals surface area contributed by atoms with Gasteiger partial charge in [-0.25, -0.2) is 0 Å². The van der Waals surface area contributed by atoms with E-state index in [2.05, 4.69) is 15.9 Å². The number of carbonyl (C=O) groups is 1. The second kappa shape index (κ2) is 4.97. The Morgan fingerprint density at radius 3 is 2.69 bits per heavy atom. The molecule has 1 aromatic rings. The minimum Gasteiger partial charge on any atom is -0.337 e. The number of benzene rings is 1. The predicted octanol–water partition coefficient (Wildman–Crippen LogP) is 2.01. The molecular weight excluding hydrogens is 268 g/mol. The summed E-state index contributed by atoms with van der Waals surface area (Å²) in [5.74, 6) is 0.0858. The van der Waals surface area contributed by atoms with Gasteiger partial charge in [-0.3, -0.25) is 4.79 Å². The van der Waals surface area contributed by atoms with Gasteiger partial charge in [-0.05, 0) is 37.1 Å². The quantitative estimate of drug-likeness (QED) is 0.857. The molecule has 1 aromatic carbocycles. The van der Waals surface area contributed by atoms with Crippen molar-refractivity contribution < 1.29 is 4.79 Å². The summed E-state index contributed by atoms with van der Waals surface area (Å²) >= 11 is 3.36. The number of piperidine rings is 1. The van der Waals surface area contributed by atoms with Crippen molar-refractivity contribution >= 4 is 21.8 Å². The fraction of sp³-hybridized carbons (Fsp3) is 0.417. The van der Waals surface area contributed by atoms with Crippen LogP contribution < -0.4 is 5.73 Å². The Hall–Kier alpha value is -0.870. The summed E-state index contributed by atoms with van der Waals surface area (Å²) in [6.45, 7) is 1.50. The molecule has 2 N–H and O–H groups in total. The van der Waals surface area contributed by atoms with Crippen molar-refractivity contribution in [3.05, 3.63) is 34.3 Å². The predicted molar refractivity (Wildman–Crippen MR) is 67.3 cm³/mol. The van der Waals surface area contributed by atoms with Crippen molar-refractivity contribution in [2.24, 2.45) is 5.73 Å². The highest BCUT2D eigenvalue weighted by atomic mass is 79.9. The van der Waals surface area contributed by atoms with Gasteiger partial charge in [0.25, 0.3) is 5.91 Å². The molecule has 2 rings (SSSR count). The molecule has 0 aromatic heterocycles. The van der Waals surface area contributed by atoms with Gasteiger partial charge in [0.05, 0.1) is 0 Å². The molecule has 1 amide bonds. The van der Waals surface area contributed by atoms with Crippen LogP contribution in [-0.4, -0.2) is 29.9 Å². The number of hydrogen-bond acceptors (Lipinski definition) is 2. The minimum absolute atomic E-state index is 0.0858. The van der Waals surface area contributed by atoms with Gasteiger partial charge in [0.1, 0.15) is 0 Å². The Bertz CT molecular complexity index is 377. The Morgan fingerprint density at radius 1 is 1.38 bits per heavy atom. The highest BCUT2D eigenvalue weighted by molar-refractivity contribution is 9.10. The summed E-state index contributed by atoms with van der Waals surface area (Å²) in [5.41, 5.74) is 6.60. The van der Waals surface area contributed by atoms with E-state index >= 15 is 0 Å². The lowest BCUT2D eigenvalue weighted by molar-refractivity contribution is 0.0709. The van der Waals surface area contributed by atoms with Crippen molar-refractivity contribution in [3.63, 3.8) is 0 Å². The Kier molecular flexibility index (Phi) is 3.61. The minimum atomic E-state index is 0.0858. The van der Waals surface area contributed by atoms with Crippen LogP contribution >= 0.6 is 15.9 Å². The van der Waals surface area contributed by atoms with Gasteiger partial charge in [-0.2, -0.15) is 0 Å². The van der Waals surface area contributed by atoms with E-state index in [-0.39, 0.29) is 11.9 Å². The molecule has 0 unspecified atom stereocenters. The number of likely N-dealkylation sites (tertiary alicyclic amines) is 1. The first kappa shape index (κ1) is 11.6. The van der Waals surface area contributed by atoms with Crippen molar-refractivity contribution in [3.8, 4) is 0 Å². The van der Waals surface area contributed by atoms with Crippen LogP contribution in [0.4, 0.5) is 0 Å². The van der Waals surface area contributed by atoms with Crippen molar-refractivity contribution in [1.29, 1.82) is 0 Å². The van der Waals surface area contributed by atoms with Gasteiger partial charge in [-0.15, -0.1) is 0 Å².